The molecule has 158 valence electrons. The number of rotatable bonds is 9. The van der Waals surface area contributed by atoms with Gasteiger partial charge in [0.25, 0.3) is 0 Å². The first-order chi connectivity index (χ1) is 15.3. The fourth-order valence-corrected chi connectivity index (χ4v) is 3.44. The van der Waals surface area contributed by atoms with Gasteiger partial charge in [0.05, 0.1) is 24.0 Å². The molecule has 31 heavy (non-hydrogen) atoms. The lowest BCUT2D eigenvalue weighted by atomic mass is 10.0. The fourth-order valence-electron chi connectivity index (χ4n) is 3.44. The Balaban J connectivity index is 1.55. The van der Waals surface area contributed by atoms with Crippen LogP contribution in [-0.2, 0) is 4.74 Å². The predicted octanol–water partition coefficient (Wildman–Crippen LogP) is 5.55. The topological polar surface area (TPSA) is 69.2 Å². The minimum atomic E-state index is 0.533. The van der Waals surface area contributed by atoms with E-state index >= 15 is 0 Å². The second kappa shape index (κ2) is 10.00. The zero-order chi connectivity index (χ0) is 21.5. The molecule has 0 bridgehead atoms. The summed E-state index contributed by atoms with van der Waals surface area (Å²) in [5, 5.41) is 4.35. The fraction of sp³-hybridized carbons (Fsp3) is 0.240. The van der Waals surface area contributed by atoms with Gasteiger partial charge < -0.3 is 14.8 Å². The van der Waals surface area contributed by atoms with Gasteiger partial charge in [-0.3, -0.25) is 4.98 Å². The molecule has 0 saturated heterocycles. The summed E-state index contributed by atoms with van der Waals surface area (Å²) in [5.41, 5.74) is 4.92. The minimum Gasteiger partial charge on any atom is -0.491 e. The van der Waals surface area contributed by atoms with Crippen molar-refractivity contribution in [1.29, 1.82) is 0 Å². The van der Waals surface area contributed by atoms with Crippen LogP contribution in [-0.4, -0.2) is 34.8 Å². The molecule has 0 unspecified atom stereocenters. The van der Waals surface area contributed by atoms with E-state index in [1.165, 1.54) is 0 Å². The Morgan fingerprint density at radius 3 is 2.74 bits per heavy atom. The smallest absolute Gasteiger partial charge is 0.141 e. The Kier molecular flexibility index (Phi) is 6.69. The maximum absolute atomic E-state index is 5.94. The van der Waals surface area contributed by atoms with E-state index in [1.807, 2.05) is 42.6 Å². The highest BCUT2D eigenvalue weighted by Gasteiger charge is 2.10. The molecule has 0 aliphatic rings. The lowest BCUT2D eigenvalue weighted by Gasteiger charge is -2.14. The molecule has 6 heteroatoms. The van der Waals surface area contributed by atoms with Crippen LogP contribution in [0.5, 0.6) is 5.75 Å². The summed E-state index contributed by atoms with van der Waals surface area (Å²) >= 11 is 0. The zero-order valence-corrected chi connectivity index (χ0v) is 17.8. The predicted molar refractivity (Wildman–Crippen MR) is 124 cm³/mol. The van der Waals surface area contributed by atoms with Crippen molar-refractivity contribution in [1.82, 2.24) is 15.0 Å². The third kappa shape index (κ3) is 4.98. The molecule has 0 aliphatic heterocycles. The molecule has 2 aromatic heterocycles. The summed E-state index contributed by atoms with van der Waals surface area (Å²) in [7, 11) is 0. The molecule has 0 atom stereocenters. The third-order valence-corrected chi connectivity index (χ3v) is 4.97. The lowest BCUT2D eigenvalue weighted by molar-refractivity contribution is 0.100. The van der Waals surface area contributed by atoms with E-state index in [2.05, 4.69) is 46.2 Å². The summed E-state index contributed by atoms with van der Waals surface area (Å²) in [6.45, 7) is 6.04. The molecule has 0 fully saturated rings. The first-order valence-corrected chi connectivity index (χ1v) is 10.5. The summed E-state index contributed by atoms with van der Waals surface area (Å²) in [6, 6.07) is 16.1. The monoisotopic (exact) mass is 414 g/mol. The maximum atomic E-state index is 5.94. The van der Waals surface area contributed by atoms with E-state index in [9.17, 15) is 0 Å². The van der Waals surface area contributed by atoms with Gasteiger partial charge in [0.2, 0.25) is 0 Å². The average molecular weight is 415 g/mol. The molecule has 6 nitrogen and oxygen atoms in total. The van der Waals surface area contributed by atoms with Crippen LogP contribution in [0.15, 0.2) is 67.3 Å². The Hall–Kier alpha value is -3.51. The van der Waals surface area contributed by atoms with Gasteiger partial charge in [-0.1, -0.05) is 31.2 Å². The summed E-state index contributed by atoms with van der Waals surface area (Å²) in [5.74, 6) is 1.61. The van der Waals surface area contributed by atoms with Gasteiger partial charge in [-0.2, -0.15) is 0 Å². The van der Waals surface area contributed by atoms with E-state index < -0.39 is 0 Å². The van der Waals surface area contributed by atoms with E-state index in [1.54, 1.807) is 12.5 Å². The van der Waals surface area contributed by atoms with Crippen LogP contribution in [0, 0.1) is 6.92 Å². The second-order valence-electron chi connectivity index (χ2n) is 7.22. The third-order valence-electron chi connectivity index (χ3n) is 4.97. The molecule has 0 spiro atoms. The molecule has 1 N–H and O–H groups in total. The van der Waals surface area contributed by atoms with Crippen molar-refractivity contribution >= 4 is 22.4 Å². The van der Waals surface area contributed by atoms with Gasteiger partial charge in [0.1, 0.15) is 24.5 Å². The number of hydrogen-bond acceptors (Lipinski definition) is 6. The summed E-state index contributed by atoms with van der Waals surface area (Å²) in [6.07, 6.45) is 6.23. The van der Waals surface area contributed by atoms with Crippen LogP contribution >= 0.6 is 0 Å². The van der Waals surface area contributed by atoms with Crippen LogP contribution in [0.2, 0.25) is 0 Å². The summed E-state index contributed by atoms with van der Waals surface area (Å²) in [4.78, 5) is 13.2. The number of para-hydroxylation sites is 1. The van der Waals surface area contributed by atoms with E-state index in [4.69, 9.17) is 9.47 Å². The van der Waals surface area contributed by atoms with Crippen LogP contribution < -0.4 is 10.1 Å². The van der Waals surface area contributed by atoms with Gasteiger partial charge >= 0.3 is 0 Å². The largest absolute Gasteiger partial charge is 0.491 e. The number of benzene rings is 2. The highest BCUT2D eigenvalue weighted by atomic mass is 16.5. The molecule has 0 aliphatic carbocycles. The van der Waals surface area contributed by atoms with Crippen LogP contribution in [0.4, 0.5) is 11.5 Å². The molecular weight excluding hydrogens is 388 g/mol. The molecule has 0 amide bonds. The zero-order valence-electron chi connectivity index (χ0n) is 17.8. The molecular formula is C25H26N4O2. The number of hydrogen-bond donors (Lipinski definition) is 1. The van der Waals surface area contributed by atoms with Gasteiger partial charge in [-0.05, 0) is 48.7 Å². The van der Waals surface area contributed by atoms with E-state index in [-0.39, 0.29) is 0 Å². The standard InChI is InChI=1S/C25H26N4O2/c1-3-11-30-12-13-31-24-10-6-8-21(18(24)2)19-14-20(16-26-15-19)29-25-22-7-4-5-9-23(22)27-17-28-25/h4-10,14-17H,3,11-13H2,1-2H3,(H,27,28,29). The van der Waals surface area contributed by atoms with Gasteiger partial charge in [-0.25, -0.2) is 9.97 Å². The molecule has 0 saturated carbocycles. The second-order valence-corrected chi connectivity index (χ2v) is 7.22. The van der Waals surface area contributed by atoms with E-state index in [0.717, 1.165) is 57.9 Å². The van der Waals surface area contributed by atoms with Gasteiger partial charge in [0.15, 0.2) is 0 Å². The number of aromatic nitrogens is 3. The highest BCUT2D eigenvalue weighted by Crippen LogP contribution is 2.31. The number of nitrogens with zero attached hydrogens (tertiary/aromatic N) is 3. The van der Waals surface area contributed by atoms with Crippen molar-refractivity contribution in [3.63, 3.8) is 0 Å². The van der Waals surface area contributed by atoms with Crippen LogP contribution in [0.1, 0.15) is 18.9 Å². The first-order valence-electron chi connectivity index (χ1n) is 10.5. The van der Waals surface area contributed by atoms with Crippen molar-refractivity contribution < 1.29 is 9.47 Å². The SMILES string of the molecule is CCCOCCOc1cccc(-c2cncc(Nc3ncnc4ccccc34)c2)c1C. The maximum Gasteiger partial charge on any atom is 0.141 e. The van der Waals surface area contributed by atoms with Crippen LogP contribution in [0.3, 0.4) is 0 Å². The summed E-state index contributed by atoms with van der Waals surface area (Å²) < 4.78 is 11.5. The number of fused-ring (bicyclic) bond motifs is 1. The average Bonchev–Trinajstić information content (AvgIpc) is 2.80. The molecule has 4 rings (SSSR count). The Morgan fingerprint density at radius 1 is 0.935 bits per heavy atom. The normalized spacial score (nSPS) is 10.9. The van der Waals surface area contributed by atoms with Crippen molar-refractivity contribution in [3.05, 3.63) is 72.8 Å². The Labute approximate surface area is 182 Å². The minimum absolute atomic E-state index is 0.533. The van der Waals surface area contributed by atoms with Gasteiger partial charge in [-0.15, -0.1) is 0 Å². The molecule has 2 aromatic carbocycles. The van der Waals surface area contributed by atoms with Gasteiger partial charge in [0, 0.05) is 23.8 Å². The number of anilines is 2. The number of nitrogens with one attached hydrogen (secondary N) is 1. The highest BCUT2D eigenvalue weighted by molar-refractivity contribution is 5.90. The molecule has 0 radical (unpaired) electrons. The Morgan fingerprint density at radius 2 is 1.84 bits per heavy atom. The molecule has 4 aromatic rings. The van der Waals surface area contributed by atoms with Crippen molar-refractivity contribution in [3.8, 4) is 16.9 Å². The van der Waals surface area contributed by atoms with Crippen molar-refractivity contribution in [2.75, 3.05) is 25.1 Å². The van der Waals surface area contributed by atoms with E-state index in [0.29, 0.717) is 13.2 Å². The first kappa shape index (κ1) is 20.8. The van der Waals surface area contributed by atoms with Crippen molar-refractivity contribution in [2.45, 2.75) is 20.3 Å². The van der Waals surface area contributed by atoms with Crippen LogP contribution in [0.25, 0.3) is 22.0 Å². The quantitative estimate of drug-likeness (QED) is 0.362. The number of ether oxygens (including phenoxy) is 2. The number of pyridine rings is 1. The lowest BCUT2D eigenvalue weighted by Crippen LogP contribution is -2.08. The van der Waals surface area contributed by atoms with Crippen molar-refractivity contribution in [2.24, 2.45) is 0 Å². The molecule has 2 heterocycles. The Bertz CT molecular complexity index is 1160.